The van der Waals surface area contributed by atoms with Gasteiger partial charge in [0.05, 0.1) is 19.6 Å². The summed E-state index contributed by atoms with van der Waals surface area (Å²) in [5.41, 5.74) is 5.09. The molecule has 1 aliphatic heterocycles. The average molecular weight is 482 g/mol. The number of rotatable bonds is 8. The third-order valence-corrected chi connectivity index (χ3v) is 8.27. The molecule has 1 unspecified atom stereocenters. The molecule has 2 amide bonds. The van der Waals surface area contributed by atoms with Crippen LogP contribution < -0.4 is 20.3 Å². The molecular formula is C21H27N3O6S2. The molecule has 1 saturated heterocycles. The molecule has 0 radical (unpaired) electrons. The van der Waals surface area contributed by atoms with Crippen molar-refractivity contribution in [3.63, 3.8) is 0 Å². The van der Waals surface area contributed by atoms with Crippen molar-refractivity contribution in [2.45, 2.75) is 30.4 Å². The minimum absolute atomic E-state index is 0.0687. The molecule has 2 heterocycles. The Morgan fingerprint density at radius 1 is 1.22 bits per heavy atom. The molecule has 2 N–H and O–H groups in total. The zero-order valence-electron chi connectivity index (χ0n) is 18.0. The Bertz CT molecular complexity index is 1040. The molecule has 11 heteroatoms. The first kappa shape index (κ1) is 24.0. The zero-order valence-corrected chi connectivity index (χ0v) is 19.6. The van der Waals surface area contributed by atoms with E-state index in [2.05, 4.69) is 10.9 Å². The van der Waals surface area contributed by atoms with Gasteiger partial charge in [0.1, 0.15) is 4.21 Å². The number of nitrogens with zero attached hydrogens (tertiary/aromatic N) is 1. The Kier molecular flexibility index (Phi) is 8.10. The second-order valence-corrected chi connectivity index (χ2v) is 10.4. The summed E-state index contributed by atoms with van der Waals surface area (Å²) in [4.78, 5) is 25.1. The van der Waals surface area contributed by atoms with E-state index in [0.717, 1.165) is 17.8 Å². The lowest BCUT2D eigenvalue weighted by Crippen LogP contribution is -2.49. The van der Waals surface area contributed by atoms with Crippen LogP contribution in [0.15, 0.2) is 39.9 Å². The van der Waals surface area contributed by atoms with Crippen LogP contribution >= 0.6 is 11.3 Å². The first-order valence-electron chi connectivity index (χ1n) is 10.3. The number of hydrogen-bond donors (Lipinski definition) is 2. The first-order valence-corrected chi connectivity index (χ1v) is 12.6. The minimum atomic E-state index is -3.62. The molecule has 174 valence electrons. The van der Waals surface area contributed by atoms with E-state index in [9.17, 15) is 18.0 Å². The number of hydrazine groups is 1. The quantitative estimate of drug-likeness (QED) is 0.560. The number of carbonyl (C=O) groups is 2. The maximum atomic E-state index is 12.7. The number of piperidine rings is 1. The van der Waals surface area contributed by atoms with Gasteiger partial charge in [-0.3, -0.25) is 20.4 Å². The fraction of sp³-hybridized carbons (Fsp3) is 0.429. The summed E-state index contributed by atoms with van der Waals surface area (Å²) in [6.07, 6.45) is 1.94. The van der Waals surface area contributed by atoms with Crippen LogP contribution in [-0.4, -0.2) is 51.3 Å². The van der Waals surface area contributed by atoms with Gasteiger partial charge in [0.15, 0.2) is 11.5 Å². The van der Waals surface area contributed by atoms with Crippen LogP contribution in [0.25, 0.3) is 0 Å². The highest BCUT2D eigenvalue weighted by molar-refractivity contribution is 7.91. The lowest BCUT2D eigenvalue weighted by molar-refractivity contribution is -0.126. The van der Waals surface area contributed by atoms with Gasteiger partial charge in [0.25, 0.3) is 15.9 Å². The minimum Gasteiger partial charge on any atom is -0.493 e. The number of amides is 2. The molecule has 2 aromatic rings. The molecule has 1 aliphatic rings. The summed E-state index contributed by atoms with van der Waals surface area (Å²) < 4.78 is 37.9. The van der Waals surface area contributed by atoms with Crippen molar-refractivity contribution < 1.29 is 27.5 Å². The largest absolute Gasteiger partial charge is 0.493 e. The lowest BCUT2D eigenvalue weighted by Gasteiger charge is -2.30. The van der Waals surface area contributed by atoms with E-state index in [-0.39, 0.29) is 16.3 Å². The van der Waals surface area contributed by atoms with Crippen LogP contribution in [0, 0.1) is 5.92 Å². The molecule has 0 spiro atoms. The van der Waals surface area contributed by atoms with E-state index in [4.69, 9.17) is 9.47 Å². The number of methoxy groups -OCH3 is 1. The Morgan fingerprint density at radius 3 is 2.72 bits per heavy atom. The molecule has 0 bridgehead atoms. The predicted octanol–water partition coefficient (Wildman–Crippen LogP) is 2.41. The smallest absolute Gasteiger partial charge is 0.269 e. The summed E-state index contributed by atoms with van der Waals surface area (Å²) in [6, 6.07) is 7.97. The monoisotopic (exact) mass is 481 g/mol. The van der Waals surface area contributed by atoms with E-state index >= 15 is 0 Å². The van der Waals surface area contributed by atoms with E-state index < -0.39 is 27.8 Å². The summed E-state index contributed by atoms with van der Waals surface area (Å²) in [7, 11) is -2.14. The average Bonchev–Trinajstić information content (AvgIpc) is 3.37. The number of carbonyl (C=O) groups excluding carboxylic acids is 2. The number of benzene rings is 1. The first-order chi connectivity index (χ1) is 15.4. The molecule has 1 aromatic carbocycles. The van der Waals surface area contributed by atoms with Gasteiger partial charge in [-0.05, 0) is 48.9 Å². The third kappa shape index (κ3) is 5.59. The number of nitrogens with one attached hydrogen (secondary N) is 2. The summed E-state index contributed by atoms with van der Waals surface area (Å²) in [5, 5.41) is 1.70. The number of ether oxygens (including phenoxy) is 2. The van der Waals surface area contributed by atoms with E-state index in [1.54, 1.807) is 29.6 Å². The Hall–Kier alpha value is -2.63. The molecule has 1 atom stereocenters. The van der Waals surface area contributed by atoms with Crippen molar-refractivity contribution in [3.8, 4) is 11.5 Å². The van der Waals surface area contributed by atoms with Crippen molar-refractivity contribution in [1.82, 2.24) is 15.2 Å². The lowest BCUT2D eigenvalue weighted by atomic mass is 9.99. The van der Waals surface area contributed by atoms with Crippen molar-refractivity contribution >= 4 is 33.2 Å². The van der Waals surface area contributed by atoms with Gasteiger partial charge in [-0.1, -0.05) is 13.0 Å². The van der Waals surface area contributed by atoms with Crippen LogP contribution in [0.3, 0.4) is 0 Å². The third-order valence-electron chi connectivity index (χ3n) is 5.03. The Balaban J connectivity index is 1.58. The predicted molar refractivity (Wildman–Crippen MR) is 120 cm³/mol. The summed E-state index contributed by atoms with van der Waals surface area (Å²) in [6.45, 7) is 2.94. The standard InChI is InChI=1S/C21H27N3O6S2/c1-3-11-30-17-9-8-15(13-18(17)29-2)20(25)22-23-21(26)16-6-4-10-24(14-16)32(27,28)19-7-5-12-31-19/h5,7-9,12-13,16H,3-4,6,10-11,14H2,1-2H3,(H,22,25)(H,23,26). The number of thiophene rings is 1. The van der Waals surface area contributed by atoms with Crippen LogP contribution in [0.5, 0.6) is 11.5 Å². The second kappa shape index (κ2) is 10.8. The van der Waals surface area contributed by atoms with Gasteiger partial charge in [-0.15, -0.1) is 11.3 Å². The fourth-order valence-electron chi connectivity index (χ4n) is 3.34. The highest BCUT2D eigenvalue weighted by Gasteiger charge is 2.34. The number of sulfonamides is 1. The normalized spacial score (nSPS) is 16.9. The molecule has 3 rings (SSSR count). The summed E-state index contributed by atoms with van der Waals surface area (Å²) >= 11 is 1.15. The van der Waals surface area contributed by atoms with Crippen molar-refractivity contribution in [2.24, 2.45) is 5.92 Å². The van der Waals surface area contributed by atoms with Crippen molar-refractivity contribution in [2.75, 3.05) is 26.8 Å². The molecule has 1 fully saturated rings. The highest BCUT2D eigenvalue weighted by atomic mass is 32.2. The van der Waals surface area contributed by atoms with Crippen LogP contribution in [-0.2, 0) is 14.8 Å². The second-order valence-electron chi connectivity index (χ2n) is 7.29. The maximum Gasteiger partial charge on any atom is 0.269 e. The maximum absolute atomic E-state index is 12.7. The molecule has 0 aliphatic carbocycles. The fourth-order valence-corrected chi connectivity index (χ4v) is 6.01. The van der Waals surface area contributed by atoms with Crippen LogP contribution in [0.1, 0.15) is 36.5 Å². The topological polar surface area (TPSA) is 114 Å². The SMILES string of the molecule is CCCOc1ccc(C(=O)NNC(=O)C2CCCN(S(=O)(=O)c3cccs3)C2)cc1OC. The van der Waals surface area contributed by atoms with Gasteiger partial charge in [0.2, 0.25) is 5.91 Å². The number of hydrogen-bond acceptors (Lipinski definition) is 7. The van der Waals surface area contributed by atoms with Gasteiger partial charge in [-0.25, -0.2) is 8.42 Å². The molecule has 1 aromatic heterocycles. The Morgan fingerprint density at radius 2 is 2.03 bits per heavy atom. The van der Waals surface area contributed by atoms with E-state index in [0.29, 0.717) is 37.5 Å². The van der Waals surface area contributed by atoms with Gasteiger partial charge >= 0.3 is 0 Å². The van der Waals surface area contributed by atoms with E-state index in [1.807, 2.05) is 6.92 Å². The van der Waals surface area contributed by atoms with Crippen LogP contribution in [0.4, 0.5) is 0 Å². The van der Waals surface area contributed by atoms with Crippen molar-refractivity contribution in [1.29, 1.82) is 0 Å². The molecule has 0 saturated carbocycles. The van der Waals surface area contributed by atoms with Crippen molar-refractivity contribution in [3.05, 3.63) is 41.3 Å². The van der Waals surface area contributed by atoms with Gasteiger partial charge in [-0.2, -0.15) is 4.31 Å². The van der Waals surface area contributed by atoms with Gasteiger partial charge < -0.3 is 9.47 Å². The summed E-state index contributed by atoms with van der Waals surface area (Å²) in [5.74, 6) is -0.557. The highest BCUT2D eigenvalue weighted by Crippen LogP contribution is 2.28. The Labute approximate surface area is 191 Å². The molecule has 32 heavy (non-hydrogen) atoms. The van der Waals surface area contributed by atoms with Crippen LogP contribution in [0.2, 0.25) is 0 Å². The molecule has 9 nitrogen and oxygen atoms in total. The molecular weight excluding hydrogens is 454 g/mol. The van der Waals surface area contributed by atoms with Gasteiger partial charge in [0, 0.05) is 18.7 Å². The van der Waals surface area contributed by atoms with E-state index in [1.165, 1.54) is 17.5 Å². The zero-order chi connectivity index (χ0) is 23.1.